The second-order valence-electron chi connectivity index (χ2n) is 6.28. The molecule has 1 aliphatic rings. The van der Waals surface area contributed by atoms with Gasteiger partial charge in [-0.3, -0.25) is 20.5 Å². The van der Waals surface area contributed by atoms with Crippen molar-refractivity contribution in [1.82, 2.24) is 20.7 Å². The number of hydrogen-bond acceptors (Lipinski definition) is 5. The van der Waals surface area contributed by atoms with Crippen LogP contribution < -0.4 is 10.7 Å². The summed E-state index contributed by atoms with van der Waals surface area (Å²) in [6, 6.07) is 12.8. The van der Waals surface area contributed by atoms with Crippen LogP contribution in [0.2, 0.25) is 0 Å². The van der Waals surface area contributed by atoms with E-state index < -0.39 is 12.0 Å². The van der Waals surface area contributed by atoms with E-state index >= 15 is 0 Å². The first-order chi connectivity index (χ1) is 12.7. The fourth-order valence-electron chi connectivity index (χ4n) is 3.21. The second-order valence-corrected chi connectivity index (χ2v) is 6.28. The van der Waals surface area contributed by atoms with Crippen molar-refractivity contribution in [3.63, 3.8) is 0 Å². The first-order valence-electron chi connectivity index (χ1n) is 8.48. The molecule has 0 saturated heterocycles. The predicted octanol–water partition coefficient (Wildman–Crippen LogP) is 1.87. The molecule has 0 radical (unpaired) electrons. The molecule has 4 N–H and O–H groups in total. The Balaban J connectivity index is 1.45. The zero-order valence-corrected chi connectivity index (χ0v) is 14.0. The number of H-pyrrole nitrogens is 1. The third kappa shape index (κ3) is 3.29. The van der Waals surface area contributed by atoms with Gasteiger partial charge >= 0.3 is 5.97 Å². The van der Waals surface area contributed by atoms with Crippen LogP contribution in [0.25, 0.3) is 10.9 Å². The number of nitrogens with one attached hydrogen (secondary N) is 3. The number of aliphatic carboxylic acids is 1. The maximum absolute atomic E-state index is 11.8. The molecule has 0 unspecified atom stereocenters. The van der Waals surface area contributed by atoms with Gasteiger partial charge in [0.1, 0.15) is 6.04 Å². The van der Waals surface area contributed by atoms with Crippen molar-refractivity contribution in [3.05, 3.63) is 66.1 Å². The second kappa shape index (κ2) is 6.97. The Morgan fingerprint density at radius 2 is 2.12 bits per heavy atom. The van der Waals surface area contributed by atoms with Crippen LogP contribution >= 0.6 is 0 Å². The quantitative estimate of drug-likeness (QED) is 0.544. The first-order valence-corrected chi connectivity index (χ1v) is 8.48. The molecule has 3 aromatic rings. The third-order valence-electron chi connectivity index (χ3n) is 4.51. The monoisotopic (exact) mass is 349 g/mol. The zero-order chi connectivity index (χ0) is 17.9. The number of nitrogens with zero attached hydrogens (tertiary/aromatic N) is 2. The average Bonchev–Trinajstić information content (AvgIpc) is 3.29. The summed E-state index contributed by atoms with van der Waals surface area (Å²) in [5, 5.41) is 18.1. The number of hydrogen-bond donors (Lipinski definition) is 4. The smallest absolute Gasteiger partial charge is 0.321 e. The Labute approximate surface area is 150 Å². The van der Waals surface area contributed by atoms with Crippen molar-refractivity contribution in [2.24, 2.45) is 5.10 Å². The molecule has 0 amide bonds. The number of pyridine rings is 1. The van der Waals surface area contributed by atoms with Crippen LogP contribution in [0.3, 0.4) is 0 Å². The highest BCUT2D eigenvalue weighted by Crippen LogP contribution is 2.19. The molecular formula is C19H19N5O2. The summed E-state index contributed by atoms with van der Waals surface area (Å²) in [7, 11) is 0. The fourth-order valence-corrected chi connectivity index (χ4v) is 3.21. The Hall–Kier alpha value is -3.19. The van der Waals surface area contributed by atoms with Crippen LogP contribution in [0.5, 0.6) is 0 Å². The lowest BCUT2D eigenvalue weighted by molar-refractivity contribution is -0.139. The molecule has 2 atom stereocenters. The van der Waals surface area contributed by atoms with Crippen molar-refractivity contribution in [2.45, 2.75) is 25.0 Å². The van der Waals surface area contributed by atoms with Gasteiger partial charge < -0.3 is 10.1 Å². The lowest BCUT2D eigenvalue weighted by atomic mass is 10.0. The predicted molar refractivity (Wildman–Crippen MR) is 98.9 cm³/mol. The number of hydrazone groups is 1. The van der Waals surface area contributed by atoms with Crippen LogP contribution in [0.15, 0.2) is 60.0 Å². The number of benzene rings is 1. The lowest BCUT2D eigenvalue weighted by Crippen LogP contribution is -2.48. The Bertz CT molecular complexity index is 951. The van der Waals surface area contributed by atoms with E-state index in [2.05, 4.69) is 25.8 Å². The summed E-state index contributed by atoms with van der Waals surface area (Å²) in [6.07, 6.45) is 4.32. The minimum Gasteiger partial charge on any atom is -0.480 e. The molecule has 3 heterocycles. The standard InChI is InChI=1S/C19H19N5O2/c25-19(26)17(9-12-11-21-14-6-2-1-5-13(12)14)22-18-10-16(23-24-18)15-7-3-4-8-20-15/h1-8,11,17-18,21-22,24H,9-10H2,(H,25,26)/t17-,18-/m1/s1. The third-order valence-corrected chi connectivity index (χ3v) is 4.51. The normalized spacial score (nSPS) is 17.7. The SMILES string of the molecule is O=C(O)[C@@H](Cc1c[nH]c2ccccc12)N[C@H]1CC(c2ccccn2)=NN1. The molecular weight excluding hydrogens is 330 g/mol. The highest BCUT2D eigenvalue weighted by atomic mass is 16.4. The first kappa shape index (κ1) is 16.3. The van der Waals surface area contributed by atoms with Gasteiger partial charge in [-0.05, 0) is 23.8 Å². The van der Waals surface area contributed by atoms with Gasteiger partial charge in [-0.25, -0.2) is 0 Å². The molecule has 0 aliphatic carbocycles. The Morgan fingerprint density at radius 1 is 1.27 bits per heavy atom. The van der Waals surface area contributed by atoms with Crippen LogP contribution in [-0.4, -0.2) is 39.0 Å². The average molecular weight is 349 g/mol. The van der Waals surface area contributed by atoms with Crippen LogP contribution in [0.1, 0.15) is 17.7 Å². The van der Waals surface area contributed by atoms with E-state index in [0.29, 0.717) is 12.8 Å². The molecule has 0 saturated carbocycles. The minimum atomic E-state index is -0.886. The molecule has 1 aromatic carbocycles. The van der Waals surface area contributed by atoms with Gasteiger partial charge in [0.2, 0.25) is 0 Å². The Morgan fingerprint density at radius 3 is 2.92 bits per heavy atom. The lowest BCUT2D eigenvalue weighted by Gasteiger charge is -2.19. The molecule has 0 bridgehead atoms. The number of aromatic amines is 1. The fraction of sp³-hybridized carbons (Fsp3) is 0.211. The van der Waals surface area contributed by atoms with E-state index in [-0.39, 0.29) is 6.17 Å². The molecule has 0 fully saturated rings. The molecule has 4 rings (SSSR count). The summed E-state index contributed by atoms with van der Waals surface area (Å²) in [5.74, 6) is -0.886. The largest absolute Gasteiger partial charge is 0.480 e. The highest BCUT2D eigenvalue weighted by Gasteiger charge is 2.27. The van der Waals surface area contributed by atoms with Gasteiger partial charge in [0.15, 0.2) is 0 Å². The molecule has 132 valence electrons. The van der Waals surface area contributed by atoms with Gasteiger partial charge in [-0.2, -0.15) is 5.10 Å². The summed E-state index contributed by atoms with van der Waals surface area (Å²) in [5.41, 5.74) is 6.57. The van der Waals surface area contributed by atoms with Crippen LogP contribution in [0.4, 0.5) is 0 Å². The molecule has 7 heteroatoms. The van der Waals surface area contributed by atoms with E-state index in [4.69, 9.17) is 0 Å². The molecule has 1 aliphatic heterocycles. The van der Waals surface area contributed by atoms with Crippen molar-refractivity contribution in [1.29, 1.82) is 0 Å². The summed E-state index contributed by atoms with van der Waals surface area (Å²) in [4.78, 5) is 19.2. The number of rotatable bonds is 6. The molecule has 26 heavy (non-hydrogen) atoms. The summed E-state index contributed by atoms with van der Waals surface area (Å²) in [6.45, 7) is 0. The van der Waals surface area contributed by atoms with Crippen LogP contribution in [0, 0.1) is 0 Å². The van der Waals surface area contributed by atoms with Crippen molar-refractivity contribution < 1.29 is 9.90 Å². The van der Waals surface area contributed by atoms with Crippen molar-refractivity contribution in [3.8, 4) is 0 Å². The van der Waals surface area contributed by atoms with E-state index in [0.717, 1.165) is 27.9 Å². The van der Waals surface area contributed by atoms with Gasteiger partial charge in [-0.15, -0.1) is 0 Å². The van der Waals surface area contributed by atoms with E-state index in [1.54, 1.807) is 6.20 Å². The van der Waals surface area contributed by atoms with Crippen molar-refractivity contribution >= 4 is 22.6 Å². The van der Waals surface area contributed by atoms with Gasteiger partial charge in [0.25, 0.3) is 0 Å². The molecule has 2 aromatic heterocycles. The number of carbonyl (C=O) groups is 1. The molecule has 0 spiro atoms. The maximum Gasteiger partial charge on any atom is 0.321 e. The number of fused-ring (bicyclic) bond motifs is 1. The van der Waals surface area contributed by atoms with Gasteiger partial charge in [0, 0.05) is 36.1 Å². The summed E-state index contributed by atoms with van der Waals surface area (Å²) >= 11 is 0. The number of carboxylic acid groups (broad SMARTS) is 1. The number of para-hydroxylation sites is 1. The van der Waals surface area contributed by atoms with E-state index in [1.165, 1.54) is 0 Å². The van der Waals surface area contributed by atoms with E-state index in [9.17, 15) is 9.90 Å². The highest BCUT2D eigenvalue weighted by molar-refractivity contribution is 6.00. The zero-order valence-electron chi connectivity index (χ0n) is 14.0. The van der Waals surface area contributed by atoms with Crippen molar-refractivity contribution in [2.75, 3.05) is 0 Å². The van der Waals surface area contributed by atoms with E-state index in [1.807, 2.05) is 48.7 Å². The minimum absolute atomic E-state index is 0.238. The topological polar surface area (TPSA) is 102 Å². The number of carboxylic acids is 1. The Kier molecular flexibility index (Phi) is 4.37. The van der Waals surface area contributed by atoms with Crippen LogP contribution in [-0.2, 0) is 11.2 Å². The molecule has 7 nitrogen and oxygen atoms in total. The summed E-state index contributed by atoms with van der Waals surface area (Å²) < 4.78 is 0. The number of aromatic nitrogens is 2. The van der Waals surface area contributed by atoms with Gasteiger partial charge in [-0.1, -0.05) is 24.3 Å². The van der Waals surface area contributed by atoms with Gasteiger partial charge in [0.05, 0.1) is 17.6 Å². The maximum atomic E-state index is 11.8.